The lowest BCUT2D eigenvalue weighted by Crippen LogP contribution is -2.03. The monoisotopic (exact) mass is 257 g/mol. The first-order valence-electron chi connectivity index (χ1n) is 6.74. The Bertz CT molecular complexity index is 626. The highest BCUT2D eigenvalue weighted by Gasteiger charge is 2.29. The second-order valence-electron chi connectivity index (χ2n) is 5.40. The van der Waals surface area contributed by atoms with Gasteiger partial charge in [-0.1, -0.05) is 32.0 Å². The number of nitrogens with zero attached hydrogens (tertiary/aromatic N) is 1. The number of rotatable bonds is 3. The van der Waals surface area contributed by atoms with Crippen LogP contribution in [0.25, 0.3) is 5.69 Å². The Kier molecular flexibility index (Phi) is 2.96. The largest absolute Gasteiger partial charge is 0.392 e. The Morgan fingerprint density at radius 2 is 1.79 bits per heavy atom. The summed E-state index contributed by atoms with van der Waals surface area (Å²) in [6, 6.07) is 8.33. The summed E-state index contributed by atoms with van der Waals surface area (Å²) in [5.74, 6) is 0.312. The maximum Gasteiger partial charge on any atom is 0.0703 e. The fourth-order valence-electron chi connectivity index (χ4n) is 3.23. The van der Waals surface area contributed by atoms with E-state index >= 15 is 0 Å². The van der Waals surface area contributed by atoms with E-state index in [0.29, 0.717) is 5.92 Å². The molecule has 1 aromatic carbocycles. The Morgan fingerprint density at radius 1 is 1.11 bits per heavy atom. The van der Waals surface area contributed by atoms with Crippen LogP contribution in [-0.2, 0) is 19.6 Å². The minimum Gasteiger partial charge on any atom is -0.392 e. The van der Waals surface area contributed by atoms with E-state index in [1.807, 2.05) is 12.1 Å². The maximum atomic E-state index is 9.66. The molecule has 0 radical (unpaired) electrons. The van der Waals surface area contributed by atoms with Crippen molar-refractivity contribution in [2.45, 2.75) is 39.4 Å². The van der Waals surface area contributed by atoms with Crippen LogP contribution >= 0.6 is 0 Å². The molecule has 0 bridgehead atoms. The van der Waals surface area contributed by atoms with Crippen LogP contribution in [0.1, 0.15) is 47.8 Å². The Balaban J connectivity index is 2.33. The van der Waals surface area contributed by atoms with E-state index in [0.717, 1.165) is 28.9 Å². The summed E-state index contributed by atoms with van der Waals surface area (Å²) in [6.45, 7) is 4.24. The van der Waals surface area contributed by atoms with E-state index in [1.54, 1.807) is 0 Å². The van der Waals surface area contributed by atoms with Gasteiger partial charge in [-0.15, -0.1) is 0 Å². The molecule has 2 aromatic rings. The van der Waals surface area contributed by atoms with Gasteiger partial charge in [-0.25, -0.2) is 0 Å². The molecule has 3 nitrogen and oxygen atoms in total. The molecule has 0 amide bonds. The van der Waals surface area contributed by atoms with Crippen LogP contribution in [-0.4, -0.2) is 14.8 Å². The van der Waals surface area contributed by atoms with Crippen LogP contribution in [0.3, 0.4) is 0 Å². The first-order valence-corrected chi connectivity index (χ1v) is 6.74. The van der Waals surface area contributed by atoms with Crippen molar-refractivity contribution in [3.05, 3.63) is 52.3 Å². The van der Waals surface area contributed by atoms with Crippen LogP contribution in [0.2, 0.25) is 0 Å². The maximum absolute atomic E-state index is 9.66. The lowest BCUT2D eigenvalue weighted by molar-refractivity contribution is 0.259. The summed E-state index contributed by atoms with van der Waals surface area (Å²) in [7, 11) is 0. The van der Waals surface area contributed by atoms with Gasteiger partial charge in [-0.3, -0.25) is 0 Å². The molecule has 0 aliphatic carbocycles. The highest BCUT2D eigenvalue weighted by Crippen LogP contribution is 2.39. The fourth-order valence-corrected chi connectivity index (χ4v) is 3.23. The number of hydrogen-bond acceptors (Lipinski definition) is 2. The zero-order valence-corrected chi connectivity index (χ0v) is 11.3. The molecule has 0 atom stereocenters. The summed E-state index contributed by atoms with van der Waals surface area (Å²) >= 11 is 0. The van der Waals surface area contributed by atoms with E-state index in [9.17, 15) is 10.2 Å². The number of para-hydroxylation sites is 1. The van der Waals surface area contributed by atoms with Gasteiger partial charge in [0.05, 0.1) is 13.2 Å². The second-order valence-corrected chi connectivity index (χ2v) is 5.40. The number of aromatic nitrogens is 1. The normalized spacial score (nSPS) is 12.9. The summed E-state index contributed by atoms with van der Waals surface area (Å²) < 4.78 is 2.23. The average molecular weight is 257 g/mol. The topological polar surface area (TPSA) is 45.4 Å². The molecule has 1 aromatic heterocycles. The fraction of sp³-hybridized carbons (Fsp3) is 0.375. The molecule has 2 N–H and O–H groups in total. The molecule has 100 valence electrons. The average Bonchev–Trinajstić information content (AvgIpc) is 2.91. The van der Waals surface area contributed by atoms with Gasteiger partial charge in [0.2, 0.25) is 0 Å². The predicted octanol–water partition coefficient (Wildman–Crippen LogP) is 2.49. The molecule has 1 aliphatic heterocycles. The molecule has 0 fully saturated rings. The third-order valence-corrected chi connectivity index (χ3v) is 3.99. The van der Waals surface area contributed by atoms with Crippen molar-refractivity contribution in [1.82, 2.24) is 4.57 Å². The zero-order valence-electron chi connectivity index (χ0n) is 11.3. The van der Waals surface area contributed by atoms with E-state index in [1.165, 1.54) is 11.3 Å². The van der Waals surface area contributed by atoms with E-state index in [4.69, 9.17) is 0 Å². The molecular formula is C16H19NO2. The van der Waals surface area contributed by atoms with Crippen molar-refractivity contribution in [1.29, 1.82) is 0 Å². The van der Waals surface area contributed by atoms with Crippen LogP contribution in [0.4, 0.5) is 0 Å². The number of fused-ring (bicyclic) bond motifs is 3. The number of aliphatic hydroxyl groups is 2. The van der Waals surface area contributed by atoms with Gasteiger partial charge in [0.25, 0.3) is 0 Å². The van der Waals surface area contributed by atoms with Crippen LogP contribution in [0, 0.1) is 0 Å². The first-order chi connectivity index (χ1) is 9.19. The van der Waals surface area contributed by atoms with Crippen molar-refractivity contribution >= 4 is 0 Å². The molecular weight excluding hydrogens is 238 g/mol. The molecule has 19 heavy (non-hydrogen) atoms. The van der Waals surface area contributed by atoms with Gasteiger partial charge < -0.3 is 14.8 Å². The van der Waals surface area contributed by atoms with Crippen molar-refractivity contribution < 1.29 is 10.2 Å². The molecule has 3 rings (SSSR count). The first kappa shape index (κ1) is 12.5. The molecule has 0 saturated carbocycles. The Labute approximate surface area is 113 Å². The van der Waals surface area contributed by atoms with Gasteiger partial charge in [-0.2, -0.15) is 0 Å². The van der Waals surface area contributed by atoms with Crippen LogP contribution in [0.5, 0.6) is 0 Å². The summed E-state index contributed by atoms with van der Waals surface area (Å²) in [4.78, 5) is 0. The number of aliphatic hydroxyl groups excluding tert-OH is 2. The third kappa shape index (κ3) is 1.66. The quantitative estimate of drug-likeness (QED) is 0.757. The van der Waals surface area contributed by atoms with Crippen LogP contribution < -0.4 is 0 Å². The molecule has 0 saturated heterocycles. The number of benzene rings is 1. The lowest BCUT2D eigenvalue weighted by atomic mass is 10.00. The standard InChI is InChI=1S/C16H19NO2/c1-10(2)16-13(9-19)12(8-18)15-7-11-5-3-4-6-14(11)17(15)16/h3-6,10,18-19H,7-9H2,1-2H3. The Morgan fingerprint density at radius 3 is 2.42 bits per heavy atom. The summed E-state index contributed by atoms with van der Waals surface area (Å²) in [6.07, 6.45) is 0.839. The summed E-state index contributed by atoms with van der Waals surface area (Å²) in [5, 5.41) is 19.3. The van der Waals surface area contributed by atoms with Gasteiger partial charge in [0, 0.05) is 34.6 Å². The third-order valence-electron chi connectivity index (χ3n) is 3.99. The highest BCUT2D eigenvalue weighted by molar-refractivity contribution is 5.57. The van der Waals surface area contributed by atoms with Gasteiger partial charge in [-0.05, 0) is 17.5 Å². The van der Waals surface area contributed by atoms with E-state index in [2.05, 4.69) is 30.5 Å². The molecule has 0 spiro atoms. The molecule has 0 unspecified atom stereocenters. The minimum atomic E-state index is -0.00836. The lowest BCUT2D eigenvalue weighted by Gasteiger charge is -2.13. The van der Waals surface area contributed by atoms with Gasteiger partial charge in [0.15, 0.2) is 0 Å². The summed E-state index contributed by atoms with van der Waals surface area (Å²) in [5.41, 5.74) is 6.56. The molecule has 1 aliphatic rings. The van der Waals surface area contributed by atoms with E-state index < -0.39 is 0 Å². The van der Waals surface area contributed by atoms with Crippen molar-refractivity contribution in [2.75, 3.05) is 0 Å². The van der Waals surface area contributed by atoms with Crippen molar-refractivity contribution in [2.24, 2.45) is 0 Å². The zero-order chi connectivity index (χ0) is 13.6. The smallest absolute Gasteiger partial charge is 0.0703 e. The van der Waals surface area contributed by atoms with Crippen molar-refractivity contribution in [3.63, 3.8) is 0 Å². The van der Waals surface area contributed by atoms with Gasteiger partial charge in [0.1, 0.15) is 0 Å². The predicted molar refractivity (Wildman–Crippen MR) is 74.5 cm³/mol. The minimum absolute atomic E-state index is 0.00800. The highest BCUT2D eigenvalue weighted by atomic mass is 16.3. The number of hydrogen-bond donors (Lipinski definition) is 2. The SMILES string of the molecule is CC(C)c1c(CO)c(CO)c2n1-c1ccccc1C2. The van der Waals surface area contributed by atoms with Crippen LogP contribution in [0.15, 0.2) is 24.3 Å². The molecule has 3 heteroatoms. The van der Waals surface area contributed by atoms with Crippen molar-refractivity contribution in [3.8, 4) is 5.69 Å². The second kappa shape index (κ2) is 4.51. The molecule has 2 heterocycles. The Hall–Kier alpha value is -1.58. The van der Waals surface area contributed by atoms with Gasteiger partial charge >= 0.3 is 0 Å². The van der Waals surface area contributed by atoms with E-state index in [-0.39, 0.29) is 13.2 Å².